The summed E-state index contributed by atoms with van der Waals surface area (Å²) in [5.74, 6) is 2.10. The SMILES string of the molecule is COc1cc(C)c(S(=O)(=O)N(C)CCOCC(=O)N(C)Cc2ccc(-c3cnc(C)[nH]3)cc2)c(C)c1.Cc1ncc(-c2ccc(C#N)cc2)[nH]1.Cc1ncc(-c2ccc(C(=O)O)cc2)[nH]1. The summed E-state index contributed by atoms with van der Waals surface area (Å²) in [5.41, 5.74) is 8.99. The number of nitrogens with one attached hydrogen (secondary N) is 3. The van der Waals surface area contributed by atoms with Gasteiger partial charge in [-0.2, -0.15) is 9.57 Å². The van der Waals surface area contributed by atoms with E-state index >= 15 is 0 Å². The van der Waals surface area contributed by atoms with Gasteiger partial charge in [0.1, 0.15) is 29.8 Å². The highest BCUT2D eigenvalue weighted by molar-refractivity contribution is 7.89. The number of nitrogens with zero attached hydrogens (tertiary/aromatic N) is 6. The van der Waals surface area contributed by atoms with Gasteiger partial charge < -0.3 is 34.4 Å². The maximum absolute atomic E-state index is 13.1. The Morgan fingerprint density at radius 2 is 1.17 bits per heavy atom. The Kier molecular flexibility index (Phi) is 16.7. The molecular formula is C48H53N9O7S. The summed E-state index contributed by atoms with van der Waals surface area (Å²) in [4.78, 5) is 46.8. The number of carbonyl (C=O) groups is 2. The van der Waals surface area contributed by atoms with Crippen LogP contribution >= 0.6 is 0 Å². The summed E-state index contributed by atoms with van der Waals surface area (Å²) >= 11 is 0. The third-order valence-corrected chi connectivity index (χ3v) is 12.3. The minimum atomic E-state index is -3.71. The molecule has 0 fully saturated rings. The summed E-state index contributed by atoms with van der Waals surface area (Å²) in [7, 11) is 1.05. The lowest BCUT2D eigenvalue weighted by Gasteiger charge is -2.21. The summed E-state index contributed by atoms with van der Waals surface area (Å²) in [6.45, 7) is 9.70. The Bertz CT molecular complexity index is 2820. The number of aromatic carboxylic acids is 1. The monoisotopic (exact) mass is 899 g/mol. The van der Waals surface area contributed by atoms with Crippen LogP contribution in [-0.4, -0.2) is 105 Å². The van der Waals surface area contributed by atoms with Crippen molar-refractivity contribution in [3.63, 3.8) is 0 Å². The number of carboxylic acids is 1. The molecule has 0 unspecified atom stereocenters. The normalized spacial score (nSPS) is 10.9. The third kappa shape index (κ3) is 13.3. The molecule has 4 aromatic carbocycles. The second-order valence-electron chi connectivity index (χ2n) is 15.1. The number of sulfonamides is 1. The Morgan fingerprint density at radius 3 is 1.57 bits per heavy atom. The fourth-order valence-corrected chi connectivity index (χ4v) is 8.10. The zero-order chi connectivity index (χ0) is 47.3. The number of rotatable bonds is 14. The maximum Gasteiger partial charge on any atom is 0.335 e. The van der Waals surface area contributed by atoms with Crippen LogP contribution in [0.25, 0.3) is 33.8 Å². The van der Waals surface area contributed by atoms with E-state index in [4.69, 9.17) is 19.8 Å². The number of likely N-dealkylation sites (N-methyl/N-ethyl adjacent to an activating group) is 2. The third-order valence-electron chi connectivity index (χ3n) is 10.1. The molecule has 3 heterocycles. The van der Waals surface area contributed by atoms with Crippen LogP contribution in [0.15, 0.2) is 108 Å². The number of hydrogen-bond acceptors (Lipinski definition) is 10. The van der Waals surface area contributed by atoms with E-state index in [1.807, 2.05) is 57.2 Å². The molecule has 0 saturated carbocycles. The van der Waals surface area contributed by atoms with Gasteiger partial charge in [0.25, 0.3) is 0 Å². The predicted octanol–water partition coefficient (Wildman–Crippen LogP) is 7.65. The molecule has 16 nitrogen and oxygen atoms in total. The average Bonchev–Trinajstić information content (AvgIpc) is 4.06. The van der Waals surface area contributed by atoms with E-state index < -0.39 is 16.0 Å². The van der Waals surface area contributed by atoms with Crippen molar-refractivity contribution in [3.05, 3.63) is 149 Å². The summed E-state index contributed by atoms with van der Waals surface area (Å²) < 4.78 is 38.1. The number of benzene rings is 4. The number of ether oxygens (including phenoxy) is 2. The van der Waals surface area contributed by atoms with Crippen LogP contribution in [0.5, 0.6) is 5.75 Å². The molecule has 65 heavy (non-hydrogen) atoms. The first-order valence-electron chi connectivity index (χ1n) is 20.4. The number of aryl methyl sites for hydroxylation is 5. The molecule has 0 atom stereocenters. The van der Waals surface area contributed by atoms with Crippen molar-refractivity contribution in [2.75, 3.05) is 41.0 Å². The number of H-pyrrole nitrogens is 3. The van der Waals surface area contributed by atoms with Crippen LogP contribution < -0.4 is 4.74 Å². The summed E-state index contributed by atoms with van der Waals surface area (Å²) in [6, 6.07) is 27.5. The molecule has 7 rings (SSSR count). The molecule has 0 bridgehead atoms. The summed E-state index contributed by atoms with van der Waals surface area (Å²) in [6.07, 6.45) is 5.31. The molecule has 7 aromatic rings. The summed E-state index contributed by atoms with van der Waals surface area (Å²) in [5, 5.41) is 17.4. The second kappa shape index (κ2) is 22.3. The smallest absolute Gasteiger partial charge is 0.335 e. The Hall–Kier alpha value is -7.39. The van der Waals surface area contributed by atoms with Gasteiger partial charge in [-0.25, -0.2) is 28.2 Å². The number of nitriles is 1. The van der Waals surface area contributed by atoms with Crippen molar-refractivity contribution >= 4 is 21.9 Å². The van der Waals surface area contributed by atoms with Crippen LogP contribution in [0.4, 0.5) is 0 Å². The van der Waals surface area contributed by atoms with Crippen molar-refractivity contribution in [1.82, 2.24) is 39.1 Å². The highest BCUT2D eigenvalue weighted by atomic mass is 32.2. The number of methoxy groups -OCH3 is 1. The second-order valence-corrected chi connectivity index (χ2v) is 17.1. The number of aromatic nitrogens is 6. The van der Waals surface area contributed by atoms with Crippen LogP contribution in [0.3, 0.4) is 0 Å². The Balaban J connectivity index is 0.000000221. The average molecular weight is 900 g/mol. The van der Waals surface area contributed by atoms with Crippen molar-refractivity contribution in [1.29, 1.82) is 5.26 Å². The zero-order valence-electron chi connectivity index (χ0n) is 37.6. The molecule has 1 amide bonds. The quantitative estimate of drug-likeness (QED) is 0.0776. The number of aromatic amines is 3. The van der Waals surface area contributed by atoms with Gasteiger partial charge >= 0.3 is 5.97 Å². The van der Waals surface area contributed by atoms with E-state index in [-0.39, 0.29) is 36.1 Å². The maximum atomic E-state index is 13.1. The largest absolute Gasteiger partial charge is 0.497 e. The van der Waals surface area contributed by atoms with Crippen LogP contribution in [-0.2, 0) is 26.1 Å². The van der Waals surface area contributed by atoms with Gasteiger partial charge in [0.15, 0.2) is 0 Å². The Morgan fingerprint density at radius 1 is 0.723 bits per heavy atom. The Labute approximate surface area is 379 Å². The highest BCUT2D eigenvalue weighted by Gasteiger charge is 2.25. The first-order valence-corrected chi connectivity index (χ1v) is 21.8. The zero-order valence-corrected chi connectivity index (χ0v) is 38.4. The van der Waals surface area contributed by atoms with Gasteiger partial charge in [-0.15, -0.1) is 0 Å². The lowest BCUT2D eigenvalue weighted by Crippen LogP contribution is -2.33. The van der Waals surface area contributed by atoms with E-state index in [1.54, 1.807) is 100 Å². The lowest BCUT2D eigenvalue weighted by molar-refractivity contribution is -0.135. The van der Waals surface area contributed by atoms with Gasteiger partial charge in [-0.05, 0) is 104 Å². The van der Waals surface area contributed by atoms with E-state index in [2.05, 4.69) is 36.0 Å². The van der Waals surface area contributed by atoms with E-state index in [0.29, 0.717) is 29.0 Å². The van der Waals surface area contributed by atoms with Crippen LogP contribution in [0, 0.1) is 45.9 Å². The van der Waals surface area contributed by atoms with Gasteiger partial charge in [0.05, 0.1) is 71.5 Å². The number of carbonyl (C=O) groups excluding carboxylic acids is 1. The molecule has 0 radical (unpaired) electrons. The first kappa shape index (κ1) is 48.6. The molecular weight excluding hydrogens is 847 g/mol. The fourth-order valence-electron chi connectivity index (χ4n) is 6.55. The van der Waals surface area contributed by atoms with Gasteiger partial charge in [-0.3, -0.25) is 4.79 Å². The fraction of sp³-hybridized carbons (Fsp3) is 0.250. The van der Waals surface area contributed by atoms with Gasteiger partial charge in [0, 0.05) is 27.2 Å². The molecule has 338 valence electrons. The van der Waals surface area contributed by atoms with Crippen molar-refractivity contribution < 1.29 is 32.6 Å². The molecule has 0 aliphatic rings. The predicted molar refractivity (Wildman–Crippen MR) is 248 cm³/mol. The molecule has 0 spiro atoms. The van der Waals surface area contributed by atoms with E-state index in [9.17, 15) is 18.0 Å². The number of amides is 1. The molecule has 0 aliphatic heterocycles. The van der Waals surface area contributed by atoms with Crippen LogP contribution in [0.2, 0.25) is 0 Å². The first-order chi connectivity index (χ1) is 31.0. The molecule has 4 N–H and O–H groups in total. The van der Waals surface area contributed by atoms with Crippen molar-refractivity contribution in [3.8, 4) is 45.6 Å². The molecule has 0 aliphatic carbocycles. The van der Waals surface area contributed by atoms with Crippen molar-refractivity contribution in [2.45, 2.75) is 46.1 Å². The molecule has 0 saturated heterocycles. The standard InChI is InChI=1S/C26H34N4O5S.C11H9N3.C11H10N2O2/c1-18-13-23(34-6)14-19(2)26(18)36(32,33)30(5)11-12-35-17-25(31)29(4)16-21-7-9-22(10-8-21)24-15-27-20(3)28-24;1-8-13-7-11(14-8)10-4-2-9(6-12)3-5-10;1-7-12-6-10(13-7)8-2-4-9(5-3-8)11(14)15/h7-10,13-15H,11-12,16-17H2,1-6H3,(H,27,28);2-5,7H,1H3,(H,13,14);2-6H,1H3,(H,12,13)(H,14,15). The number of imidazole rings is 3. The lowest BCUT2D eigenvalue weighted by atomic mass is 10.1. The minimum Gasteiger partial charge on any atom is -0.497 e. The van der Waals surface area contributed by atoms with Crippen molar-refractivity contribution in [2.24, 2.45) is 0 Å². The van der Waals surface area contributed by atoms with E-state index in [0.717, 1.165) is 56.8 Å². The van der Waals surface area contributed by atoms with E-state index in [1.165, 1.54) is 11.4 Å². The van der Waals surface area contributed by atoms with Gasteiger partial charge in [-0.1, -0.05) is 48.5 Å². The van der Waals surface area contributed by atoms with Gasteiger partial charge in [0.2, 0.25) is 15.9 Å². The molecule has 17 heteroatoms. The highest BCUT2D eigenvalue weighted by Crippen LogP contribution is 2.28. The minimum absolute atomic E-state index is 0.0991. The number of carboxylic acid groups (broad SMARTS) is 1. The topological polar surface area (TPSA) is 223 Å². The van der Waals surface area contributed by atoms with Crippen LogP contribution in [0.1, 0.15) is 50.1 Å². The molecule has 3 aromatic heterocycles. The number of hydrogen-bond donors (Lipinski definition) is 4.